The predicted molar refractivity (Wildman–Crippen MR) is 62.0 cm³/mol. The van der Waals surface area contributed by atoms with E-state index in [0.717, 1.165) is 0 Å². The second kappa shape index (κ2) is 3.13. The predicted octanol–water partition coefficient (Wildman–Crippen LogP) is 4.03. The van der Waals surface area contributed by atoms with Gasteiger partial charge in [-0.25, -0.2) is 0 Å². The Morgan fingerprint density at radius 1 is 0.714 bits per heavy atom. The van der Waals surface area contributed by atoms with Gasteiger partial charge in [-0.2, -0.15) is 0 Å². The molecule has 0 N–H and O–H groups in total. The second-order valence-electron chi connectivity index (χ2n) is 4.06. The van der Waals surface area contributed by atoms with Crippen LogP contribution in [0.5, 0.6) is 0 Å². The van der Waals surface area contributed by atoms with E-state index in [0.29, 0.717) is 0 Å². The van der Waals surface area contributed by atoms with E-state index in [1.165, 1.54) is 33.4 Å². The second-order valence-corrected chi connectivity index (χ2v) is 4.06. The molecule has 0 atom stereocenters. The standard InChI is InChI=1S/C14H16/c1-9-7-5-6-8-13-11(3)10(2)12(4)14(9)13/h5-8H,1-4H3. The molecular formula is C14H16. The molecule has 0 bridgehead atoms. The minimum absolute atomic E-state index is 1.37. The summed E-state index contributed by atoms with van der Waals surface area (Å²) in [5.74, 6) is 0. The van der Waals surface area contributed by atoms with Crippen molar-refractivity contribution in [3.8, 4) is 11.1 Å². The number of fused-ring (bicyclic) bond motifs is 1. The van der Waals surface area contributed by atoms with E-state index in [9.17, 15) is 0 Å². The molecule has 0 spiro atoms. The van der Waals surface area contributed by atoms with Gasteiger partial charge in [-0.05, 0) is 61.1 Å². The zero-order chi connectivity index (χ0) is 10.3. The Balaban J connectivity index is 2.92. The molecule has 2 aliphatic rings. The number of aryl methyl sites for hydroxylation is 1. The van der Waals surface area contributed by atoms with Gasteiger partial charge in [0.2, 0.25) is 0 Å². The van der Waals surface area contributed by atoms with E-state index in [4.69, 9.17) is 0 Å². The van der Waals surface area contributed by atoms with Gasteiger partial charge in [0.1, 0.15) is 0 Å². The summed E-state index contributed by atoms with van der Waals surface area (Å²) in [4.78, 5) is 0. The first-order chi connectivity index (χ1) is 6.63. The molecule has 0 unspecified atom stereocenters. The van der Waals surface area contributed by atoms with E-state index in [1.54, 1.807) is 0 Å². The highest BCUT2D eigenvalue weighted by Crippen LogP contribution is 2.36. The highest BCUT2D eigenvalue weighted by Gasteiger charge is 2.15. The smallest absolute Gasteiger partial charge is 0.0120 e. The van der Waals surface area contributed by atoms with Crippen LogP contribution in [0.3, 0.4) is 0 Å². The van der Waals surface area contributed by atoms with Gasteiger partial charge in [-0.15, -0.1) is 0 Å². The topological polar surface area (TPSA) is 0 Å². The van der Waals surface area contributed by atoms with E-state index in [-0.39, 0.29) is 0 Å². The lowest BCUT2D eigenvalue weighted by molar-refractivity contribution is 1.34. The lowest BCUT2D eigenvalue weighted by atomic mass is 10.0. The first-order valence-corrected chi connectivity index (χ1v) is 5.08. The lowest BCUT2D eigenvalue weighted by Gasteiger charge is -2.00. The van der Waals surface area contributed by atoms with Crippen molar-refractivity contribution in [1.29, 1.82) is 0 Å². The van der Waals surface area contributed by atoms with Crippen molar-refractivity contribution in [2.45, 2.75) is 27.7 Å². The molecule has 0 saturated heterocycles. The molecule has 0 fully saturated rings. The van der Waals surface area contributed by atoms with Crippen LogP contribution in [0.25, 0.3) is 11.1 Å². The fourth-order valence-corrected chi connectivity index (χ4v) is 2.21. The molecular weight excluding hydrogens is 168 g/mol. The van der Waals surface area contributed by atoms with Crippen LogP contribution < -0.4 is 0 Å². The van der Waals surface area contributed by atoms with Gasteiger partial charge in [0.15, 0.2) is 0 Å². The summed E-state index contributed by atoms with van der Waals surface area (Å²) < 4.78 is 0. The van der Waals surface area contributed by atoms with Gasteiger partial charge in [0.25, 0.3) is 0 Å². The van der Waals surface area contributed by atoms with E-state index >= 15 is 0 Å². The summed E-state index contributed by atoms with van der Waals surface area (Å²) in [6.45, 7) is 8.83. The molecule has 0 amide bonds. The molecule has 0 radical (unpaired) electrons. The lowest BCUT2D eigenvalue weighted by Crippen LogP contribution is -1.77. The fraction of sp³-hybridized carbons (Fsp3) is 0.286. The van der Waals surface area contributed by atoms with Crippen LogP contribution in [-0.4, -0.2) is 0 Å². The van der Waals surface area contributed by atoms with Crippen LogP contribution in [0.2, 0.25) is 0 Å². The molecule has 2 rings (SSSR count). The summed E-state index contributed by atoms with van der Waals surface area (Å²) in [6, 6.07) is 8.65. The minimum atomic E-state index is 1.37. The van der Waals surface area contributed by atoms with Crippen molar-refractivity contribution in [1.82, 2.24) is 0 Å². The van der Waals surface area contributed by atoms with E-state index < -0.39 is 0 Å². The molecule has 0 heteroatoms. The third-order valence-electron chi connectivity index (χ3n) is 3.29. The first kappa shape index (κ1) is 9.26. The first-order valence-electron chi connectivity index (χ1n) is 5.08. The van der Waals surface area contributed by atoms with Crippen LogP contribution in [0.15, 0.2) is 24.3 Å². The van der Waals surface area contributed by atoms with Gasteiger partial charge in [0, 0.05) is 0 Å². The largest absolute Gasteiger partial charge is 0.0620 e. The highest BCUT2D eigenvalue weighted by molar-refractivity contribution is 5.79. The number of hydrogen-bond donors (Lipinski definition) is 0. The van der Waals surface area contributed by atoms with Crippen molar-refractivity contribution in [3.63, 3.8) is 0 Å². The van der Waals surface area contributed by atoms with Gasteiger partial charge in [-0.3, -0.25) is 0 Å². The normalized spacial score (nSPS) is 10.9. The summed E-state index contributed by atoms with van der Waals surface area (Å²) in [6.07, 6.45) is 0. The average Bonchev–Trinajstić information content (AvgIpc) is 2.35. The van der Waals surface area contributed by atoms with Crippen LogP contribution in [0.4, 0.5) is 0 Å². The van der Waals surface area contributed by atoms with Gasteiger partial charge < -0.3 is 0 Å². The number of hydrogen-bond acceptors (Lipinski definition) is 0. The van der Waals surface area contributed by atoms with Crippen molar-refractivity contribution in [2.24, 2.45) is 0 Å². The molecule has 0 aliphatic heterocycles. The molecule has 0 nitrogen and oxygen atoms in total. The Kier molecular flexibility index (Phi) is 2.07. The van der Waals surface area contributed by atoms with Gasteiger partial charge in [-0.1, -0.05) is 24.3 Å². The Morgan fingerprint density at radius 3 is 2.07 bits per heavy atom. The maximum absolute atomic E-state index is 2.22. The van der Waals surface area contributed by atoms with Gasteiger partial charge in [0.05, 0.1) is 0 Å². The van der Waals surface area contributed by atoms with E-state index in [2.05, 4.69) is 52.0 Å². The maximum atomic E-state index is 2.22. The molecule has 2 aliphatic carbocycles. The van der Waals surface area contributed by atoms with Crippen molar-refractivity contribution in [2.75, 3.05) is 0 Å². The SMILES string of the molecule is Cc1ccccc2c(C)c(C)c(C)c1-2. The summed E-state index contributed by atoms with van der Waals surface area (Å²) in [5.41, 5.74) is 8.52. The Hall–Kier alpha value is -1.30. The molecule has 0 aromatic rings. The van der Waals surface area contributed by atoms with Crippen LogP contribution >= 0.6 is 0 Å². The fourth-order valence-electron chi connectivity index (χ4n) is 2.21. The maximum Gasteiger partial charge on any atom is -0.0120 e. The Bertz CT molecular complexity index is 452. The summed E-state index contributed by atoms with van der Waals surface area (Å²) in [5, 5.41) is 0. The molecule has 72 valence electrons. The monoisotopic (exact) mass is 184 g/mol. The van der Waals surface area contributed by atoms with E-state index in [1.807, 2.05) is 0 Å². The van der Waals surface area contributed by atoms with Crippen LogP contribution in [-0.2, 0) is 0 Å². The molecule has 0 heterocycles. The van der Waals surface area contributed by atoms with Crippen LogP contribution in [0, 0.1) is 27.7 Å². The molecule has 0 saturated carbocycles. The molecule has 14 heavy (non-hydrogen) atoms. The summed E-state index contributed by atoms with van der Waals surface area (Å²) >= 11 is 0. The van der Waals surface area contributed by atoms with Crippen LogP contribution in [0.1, 0.15) is 22.3 Å². The number of rotatable bonds is 0. The van der Waals surface area contributed by atoms with Crippen molar-refractivity contribution in [3.05, 3.63) is 46.5 Å². The molecule has 0 aromatic heterocycles. The molecule has 0 aromatic carbocycles. The van der Waals surface area contributed by atoms with Gasteiger partial charge >= 0.3 is 0 Å². The summed E-state index contributed by atoms with van der Waals surface area (Å²) in [7, 11) is 0. The van der Waals surface area contributed by atoms with Crippen molar-refractivity contribution >= 4 is 0 Å². The highest BCUT2D eigenvalue weighted by atomic mass is 14.2. The zero-order valence-electron chi connectivity index (χ0n) is 9.31. The average molecular weight is 184 g/mol. The van der Waals surface area contributed by atoms with Crippen molar-refractivity contribution < 1.29 is 0 Å². The Morgan fingerprint density at radius 2 is 1.36 bits per heavy atom. The third-order valence-corrected chi connectivity index (χ3v) is 3.29. The quantitative estimate of drug-likeness (QED) is 0.580. The zero-order valence-corrected chi connectivity index (χ0v) is 9.31. The Labute approximate surface area is 85.9 Å². The minimum Gasteiger partial charge on any atom is -0.0620 e. The third kappa shape index (κ3) is 1.14.